The number of nitrogens with zero attached hydrogens (tertiary/aromatic N) is 1. The molecule has 0 bridgehead atoms. The fourth-order valence-corrected chi connectivity index (χ4v) is 2.55. The predicted molar refractivity (Wildman–Crippen MR) is 70.6 cm³/mol. The van der Waals surface area contributed by atoms with Gasteiger partial charge in [-0.15, -0.1) is 0 Å². The van der Waals surface area contributed by atoms with Gasteiger partial charge in [0.25, 0.3) is 0 Å². The van der Waals surface area contributed by atoms with E-state index in [1.54, 1.807) is 7.11 Å². The van der Waals surface area contributed by atoms with Crippen LogP contribution in [0.2, 0.25) is 0 Å². The summed E-state index contributed by atoms with van der Waals surface area (Å²) in [4.78, 5) is 4.46. The highest BCUT2D eigenvalue weighted by Crippen LogP contribution is 2.33. The highest BCUT2D eigenvalue weighted by Gasteiger charge is 2.33. The number of rotatable bonds is 5. The van der Waals surface area contributed by atoms with Gasteiger partial charge in [-0.3, -0.25) is 4.98 Å². The largest absolute Gasteiger partial charge is 0.497 e. The van der Waals surface area contributed by atoms with Crippen molar-refractivity contribution in [3.8, 4) is 5.75 Å². The SMILES string of the molecule is COc1cc(C)nc(COC2(CN)CCCC2)c1. The van der Waals surface area contributed by atoms with Gasteiger partial charge in [0, 0.05) is 24.4 Å². The van der Waals surface area contributed by atoms with Crippen molar-refractivity contribution in [2.75, 3.05) is 13.7 Å². The van der Waals surface area contributed by atoms with Gasteiger partial charge in [0.15, 0.2) is 0 Å². The molecule has 1 heterocycles. The van der Waals surface area contributed by atoms with Crippen LogP contribution in [0, 0.1) is 6.92 Å². The van der Waals surface area contributed by atoms with Gasteiger partial charge in [0.2, 0.25) is 0 Å². The molecule has 0 unspecified atom stereocenters. The van der Waals surface area contributed by atoms with Gasteiger partial charge in [-0.2, -0.15) is 0 Å². The predicted octanol–water partition coefficient (Wildman–Crippen LogP) is 2.19. The molecule has 100 valence electrons. The Bertz CT molecular complexity index is 401. The molecule has 1 aromatic rings. The Kier molecular flexibility index (Phi) is 4.19. The van der Waals surface area contributed by atoms with E-state index in [9.17, 15) is 0 Å². The lowest BCUT2D eigenvalue weighted by Crippen LogP contribution is -2.37. The number of pyridine rings is 1. The van der Waals surface area contributed by atoms with E-state index in [-0.39, 0.29) is 5.60 Å². The van der Waals surface area contributed by atoms with Crippen molar-refractivity contribution in [3.63, 3.8) is 0 Å². The second-order valence-corrected chi connectivity index (χ2v) is 5.02. The van der Waals surface area contributed by atoms with Crippen molar-refractivity contribution >= 4 is 0 Å². The Morgan fingerprint density at radius 3 is 2.67 bits per heavy atom. The fraction of sp³-hybridized carbons (Fsp3) is 0.643. The maximum atomic E-state index is 6.04. The van der Waals surface area contributed by atoms with E-state index in [0.717, 1.165) is 30.0 Å². The summed E-state index contributed by atoms with van der Waals surface area (Å²) in [6.45, 7) is 3.06. The van der Waals surface area contributed by atoms with Crippen LogP contribution in [0.1, 0.15) is 37.1 Å². The first-order valence-electron chi connectivity index (χ1n) is 6.53. The minimum atomic E-state index is -0.126. The standard InChI is InChI=1S/C14H22N2O2/c1-11-7-13(17-2)8-12(16-11)9-18-14(10-15)5-3-4-6-14/h7-8H,3-6,9-10,15H2,1-2H3. The van der Waals surface area contributed by atoms with E-state index < -0.39 is 0 Å². The van der Waals surface area contributed by atoms with E-state index in [2.05, 4.69) is 4.98 Å². The number of ether oxygens (including phenoxy) is 2. The lowest BCUT2D eigenvalue weighted by atomic mass is 10.0. The van der Waals surface area contributed by atoms with Crippen molar-refractivity contribution in [3.05, 3.63) is 23.5 Å². The zero-order valence-corrected chi connectivity index (χ0v) is 11.2. The first-order chi connectivity index (χ1) is 8.67. The Hall–Kier alpha value is -1.13. The third-order valence-electron chi connectivity index (χ3n) is 3.63. The number of hydrogen-bond acceptors (Lipinski definition) is 4. The maximum Gasteiger partial charge on any atom is 0.122 e. The lowest BCUT2D eigenvalue weighted by Gasteiger charge is -2.27. The summed E-state index contributed by atoms with van der Waals surface area (Å²) in [6.07, 6.45) is 4.54. The molecule has 4 heteroatoms. The van der Waals surface area contributed by atoms with E-state index in [1.165, 1.54) is 12.8 Å². The molecule has 0 amide bonds. The van der Waals surface area contributed by atoms with Crippen molar-refractivity contribution in [1.29, 1.82) is 0 Å². The van der Waals surface area contributed by atoms with E-state index in [0.29, 0.717) is 13.2 Å². The van der Waals surface area contributed by atoms with Gasteiger partial charge in [0.1, 0.15) is 5.75 Å². The van der Waals surface area contributed by atoms with Crippen LogP contribution in [-0.2, 0) is 11.3 Å². The third-order valence-corrected chi connectivity index (χ3v) is 3.63. The van der Waals surface area contributed by atoms with Crippen LogP contribution in [0.5, 0.6) is 5.75 Å². The van der Waals surface area contributed by atoms with Crippen LogP contribution in [0.25, 0.3) is 0 Å². The lowest BCUT2D eigenvalue weighted by molar-refractivity contribution is -0.0462. The normalized spacial score (nSPS) is 17.9. The number of aromatic nitrogens is 1. The number of hydrogen-bond donors (Lipinski definition) is 1. The molecule has 0 saturated heterocycles. The number of aryl methyl sites for hydroxylation is 1. The van der Waals surface area contributed by atoms with Crippen LogP contribution in [0.3, 0.4) is 0 Å². The minimum absolute atomic E-state index is 0.126. The molecular weight excluding hydrogens is 228 g/mol. The van der Waals surface area contributed by atoms with E-state index >= 15 is 0 Å². The summed E-state index contributed by atoms with van der Waals surface area (Å²) in [5.74, 6) is 0.828. The van der Waals surface area contributed by atoms with Gasteiger partial charge >= 0.3 is 0 Å². The summed E-state index contributed by atoms with van der Waals surface area (Å²) in [5, 5.41) is 0. The summed E-state index contributed by atoms with van der Waals surface area (Å²) >= 11 is 0. The minimum Gasteiger partial charge on any atom is -0.497 e. The van der Waals surface area contributed by atoms with Crippen molar-refractivity contribution in [2.45, 2.75) is 44.8 Å². The molecule has 0 aromatic carbocycles. The van der Waals surface area contributed by atoms with Gasteiger partial charge in [-0.25, -0.2) is 0 Å². The Morgan fingerprint density at radius 2 is 2.06 bits per heavy atom. The quantitative estimate of drug-likeness (QED) is 0.870. The molecule has 2 rings (SSSR count). The van der Waals surface area contributed by atoms with Gasteiger partial charge in [-0.05, 0) is 19.8 Å². The maximum absolute atomic E-state index is 6.04. The van der Waals surface area contributed by atoms with E-state index in [1.807, 2.05) is 19.1 Å². The van der Waals surface area contributed by atoms with Crippen LogP contribution < -0.4 is 10.5 Å². The topological polar surface area (TPSA) is 57.4 Å². The Balaban J connectivity index is 2.03. The average molecular weight is 250 g/mol. The molecule has 1 saturated carbocycles. The van der Waals surface area contributed by atoms with Crippen molar-refractivity contribution < 1.29 is 9.47 Å². The molecule has 1 aliphatic rings. The first kappa shape index (κ1) is 13.3. The molecule has 1 aliphatic carbocycles. The van der Waals surface area contributed by atoms with Crippen molar-refractivity contribution in [2.24, 2.45) is 5.73 Å². The molecule has 2 N–H and O–H groups in total. The van der Waals surface area contributed by atoms with Crippen LogP contribution >= 0.6 is 0 Å². The molecule has 4 nitrogen and oxygen atoms in total. The molecule has 1 aromatic heterocycles. The number of methoxy groups -OCH3 is 1. The monoisotopic (exact) mass is 250 g/mol. The fourth-order valence-electron chi connectivity index (χ4n) is 2.55. The Labute approximate surface area is 108 Å². The zero-order chi connectivity index (χ0) is 13.0. The van der Waals surface area contributed by atoms with Gasteiger partial charge < -0.3 is 15.2 Å². The molecule has 18 heavy (non-hydrogen) atoms. The smallest absolute Gasteiger partial charge is 0.122 e. The highest BCUT2D eigenvalue weighted by atomic mass is 16.5. The van der Waals surface area contributed by atoms with E-state index in [4.69, 9.17) is 15.2 Å². The summed E-state index contributed by atoms with van der Waals surface area (Å²) in [5.41, 5.74) is 7.58. The second kappa shape index (κ2) is 5.67. The summed E-state index contributed by atoms with van der Waals surface area (Å²) in [7, 11) is 1.66. The average Bonchev–Trinajstić information content (AvgIpc) is 2.85. The second-order valence-electron chi connectivity index (χ2n) is 5.02. The van der Waals surface area contributed by atoms with Crippen LogP contribution in [0.15, 0.2) is 12.1 Å². The summed E-state index contributed by atoms with van der Waals surface area (Å²) in [6, 6.07) is 3.84. The molecule has 0 aliphatic heterocycles. The molecular formula is C14H22N2O2. The highest BCUT2D eigenvalue weighted by molar-refractivity contribution is 5.26. The van der Waals surface area contributed by atoms with Gasteiger partial charge in [-0.1, -0.05) is 12.8 Å². The summed E-state index contributed by atoms with van der Waals surface area (Å²) < 4.78 is 11.3. The van der Waals surface area contributed by atoms with Crippen LogP contribution in [0.4, 0.5) is 0 Å². The molecule has 0 atom stereocenters. The first-order valence-corrected chi connectivity index (χ1v) is 6.53. The molecule has 0 spiro atoms. The Morgan fingerprint density at radius 1 is 1.33 bits per heavy atom. The molecule has 0 radical (unpaired) electrons. The van der Waals surface area contributed by atoms with Crippen LogP contribution in [-0.4, -0.2) is 24.2 Å². The van der Waals surface area contributed by atoms with Crippen molar-refractivity contribution in [1.82, 2.24) is 4.98 Å². The zero-order valence-electron chi connectivity index (χ0n) is 11.2. The van der Waals surface area contributed by atoms with Gasteiger partial charge in [0.05, 0.1) is 25.0 Å². The number of nitrogens with two attached hydrogens (primary N) is 1. The molecule has 1 fully saturated rings. The third kappa shape index (κ3) is 3.00.